The zero-order valence-corrected chi connectivity index (χ0v) is 11.7. The molecule has 106 valence electrons. The van der Waals surface area contributed by atoms with E-state index < -0.39 is 11.8 Å². The van der Waals surface area contributed by atoms with E-state index in [4.69, 9.17) is 11.6 Å². The van der Waals surface area contributed by atoms with E-state index in [-0.39, 0.29) is 0 Å². The Morgan fingerprint density at radius 1 is 1.14 bits per heavy atom. The first-order valence-electron chi connectivity index (χ1n) is 6.09. The van der Waals surface area contributed by atoms with Crippen molar-refractivity contribution < 1.29 is 9.59 Å². The number of amides is 2. The lowest BCUT2D eigenvalue weighted by Crippen LogP contribution is -2.40. The molecule has 0 saturated heterocycles. The van der Waals surface area contributed by atoms with Crippen molar-refractivity contribution in [1.29, 1.82) is 0 Å². The van der Waals surface area contributed by atoms with Gasteiger partial charge in [-0.15, -0.1) is 0 Å². The minimum atomic E-state index is -0.452. The van der Waals surface area contributed by atoms with Crippen LogP contribution in [0, 0.1) is 0 Å². The SMILES string of the molecule is O=C(/C=C/c1cccc(Cl)c1)NNC(=O)c1cccnc1. The van der Waals surface area contributed by atoms with Crippen LogP contribution < -0.4 is 10.9 Å². The van der Waals surface area contributed by atoms with Crippen LogP contribution in [0.4, 0.5) is 0 Å². The molecule has 0 fully saturated rings. The number of hydrogen-bond donors (Lipinski definition) is 2. The number of benzene rings is 1. The molecular weight excluding hydrogens is 290 g/mol. The molecule has 0 aliphatic heterocycles. The molecule has 0 atom stereocenters. The average molecular weight is 302 g/mol. The maximum Gasteiger partial charge on any atom is 0.271 e. The fourth-order valence-corrected chi connectivity index (χ4v) is 1.71. The van der Waals surface area contributed by atoms with E-state index in [1.165, 1.54) is 12.3 Å². The predicted octanol–water partition coefficient (Wildman–Crippen LogP) is 2.21. The molecule has 0 aliphatic carbocycles. The number of aromatic nitrogens is 1. The van der Waals surface area contributed by atoms with Crippen molar-refractivity contribution in [2.45, 2.75) is 0 Å². The summed E-state index contributed by atoms with van der Waals surface area (Å²) in [5.74, 6) is -0.889. The lowest BCUT2D eigenvalue weighted by molar-refractivity contribution is -0.117. The molecule has 0 unspecified atom stereocenters. The van der Waals surface area contributed by atoms with Crippen molar-refractivity contribution >= 4 is 29.5 Å². The van der Waals surface area contributed by atoms with Gasteiger partial charge in [0, 0.05) is 23.5 Å². The van der Waals surface area contributed by atoms with Crippen molar-refractivity contribution in [2.24, 2.45) is 0 Å². The molecule has 0 radical (unpaired) electrons. The molecular formula is C15H12ClN3O2. The third-order valence-electron chi connectivity index (χ3n) is 2.50. The number of rotatable bonds is 3. The third-order valence-corrected chi connectivity index (χ3v) is 2.73. The van der Waals surface area contributed by atoms with Gasteiger partial charge >= 0.3 is 0 Å². The van der Waals surface area contributed by atoms with Crippen LogP contribution in [-0.2, 0) is 4.79 Å². The van der Waals surface area contributed by atoms with Gasteiger partial charge in [-0.3, -0.25) is 25.4 Å². The zero-order valence-electron chi connectivity index (χ0n) is 10.9. The van der Waals surface area contributed by atoms with E-state index in [0.29, 0.717) is 10.6 Å². The van der Waals surface area contributed by atoms with Crippen LogP contribution in [0.2, 0.25) is 5.02 Å². The van der Waals surface area contributed by atoms with E-state index in [1.54, 1.807) is 42.6 Å². The Hall–Kier alpha value is -2.66. The summed E-state index contributed by atoms with van der Waals surface area (Å²) in [6, 6.07) is 10.3. The van der Waals surface area contributed by atoms with Crippen LogP contribution in [-0.4, -0.2) is 16.8 Å². The number of hydrazine groups is 1. The number of hydrogen-bond acceptors (Lipinski definition) is 3. The minimum absolute atomic E-state index is 0.358. The highest BCUT2D eigenvalue weighted by atomic mass is 35.5. The monoisotopic (exact) mass is 301 g/mol. The molecule has 6 heteroatoms. The van der Waals surface area contributed by atoms with Gasteiger partial charge in [0.25, 0.3) is 11.8 Å². The molecule has 0 aliphatic rings. The van der Waals surface area contributed by atoms with Crippen LogP contribution in [0.1, 0.15) is 15.9 Å². The molecule has 2 N–H and O–H groups in total. The number of carbonyl (C=O) groups is 2. The summed E-state index contributed by atoms with van der Waals surface area (Å²) < 4.78 is 0. The highest BCUT2D eigenvalue weighted by Crippen LogP contribution is 2.11. The standard InChI is InChI=1S/C15H12ClN3O2/c16-13-5-1-3-11(9-13)6-7-14(20)18-19-15(21)12-4-2-8-17-10-12/h1-10H,(H,18,20)(H,19,21)/b7-6+. The van der Waals surface area contributed by atoms with E-state index in [2.05, 4.69) is 15.8 Å². The first-order valence-corrected chi connectivity index (χ1v) is 6.47. The maximum atomic E-state index is 11.7. The van der Waals surface area contributed by atoms with Crippen LogP contribution >= 0.6 is 11.6 Å². The Balaban J connectivity index is 1.86. The molecule has 21 heavy (non-hydrogen) atoms. The minimum Gasteiger partial charge on any atom is -0.268 e. The number of nitrogens with one attached hydrogen (secondary N) is 2. The predicted molar refractivity (Wildman–Crippen MR) is 80.3 cm³/mol. The normalized spacial score (nSPS) is 10.3. The van der Waals surface area contributed by atoms with E-state index in [0.717, 1.165) is 5.56 Å². The molecule has 1 aromatic heterocycles. The number of pyridine rings is 1. The van der Waals surface area contributed by atoms with Gasteiger partial charge in [-0.25, -0.2) is 0 Å². The maximum absolute atomic E-state index is 11.7. The van der Waals surface area contributed by atoms with E-state index >= 15 is 0 Å². The molecule has 0 saturated carbocycles. The lowest BCUT2D eigenvalue weighted by Gasteiger charge is -2.04. The van der Waals surface area contributed by atoms with Crippen LogP contribution in [0.3, 0.4) is 0 Å². The molecule has 2 amide bonds. The van der Waals surface area contributed by atoms with Crippen molar-refractivity contribution in [3.63, 3.8) is 0 Å². The number of halogens is 1. The van der Waals surface area contributed by atoms with Gasteiger partial charge in [-0.05, 0) is 35.9 Å². The number of nitrogens with zero attached hydrogens (tertiary/aromatic N) is 1. The number of carbonyl (C=O) groups excluding carboxylic acids is 2. The fraction of sp³-hybridized carbons (Fsp3) is 0. The zero-order chi connectivity index (χ0) is 15.1. The Labute approximate surface area is 126 Å². The van der Waals surface area contributed by atoms with Gasteiger partial charge in [0.05, 0.1) is 5.56 Å². The first-order chi connectivity index (χ1) is 10.1. The summed E-state index contributed by atoms with van der Waals surface area (Å²) in [5, 5.41) is 0.586. The Bertz CT molecular complexity index is 672. The van der Waals surface area contributed by atoms with Crippen LogP contribution in [0.15, 0.2) is 54.9 Å². The fourth-order valence-electron chi connectivity index (χ4n) is 1.51. The van der Waals surface area contributed by atoms with E-state index in [9.17, 15) is 9.59 Å². The first kappa shape index (κ1) is 14.7. The molecule has 5 nitrogen and oxygen atoms in total. The average Bonchev–Trinajstić information content (AvgIpc) is 2.51. The van der Waals surface area contributed by atoms with Gasteiger partial charge in [-0.2, -0.15) is 0 Å². The Morgan fingerprint density at radius 3 is 2.71 bits per heavy atom. The second-order valence-electron chi connectivity index (χ2n) is 4.07. The van der Waals surface area contributed by atoms with Gasteiger partial charge in [0.2, 0.25) is 0 Å². The van der Waals surface area contributed by atoms with Crippen molar-refractivity contribution in [1.82, 2.24) is 15.8 Å². The summed E-state index contributed by atoms with van der Waals surface area (Å²) in [5.41, 5.74) is 5.72. The Morgan fingerprint density at radius 2 is 2.00 bits per heavy atom. The molecule has 0 spiro atoms. The van der Waals surface area contributed by atoms with E-state index in [1.807, 2.05) is 6.07 Å². The highest BCUT2D eigenvalue weighted by molar-refractivity contribution is 6.30. The van der Waals surface area contributed by atoms with Gasteiger partial charge in [0.15, 0.2) is 0 Å². The topological polar surface area (TPSA) is 71.1 Å². The molecule has 2 aromatic rings. The molecule has 1 heterocycles. The molecule has 0 bridgehead atoms. The van der Waals surface area contributed by atoms with Crippen LogP contribution in [0.25, 0.3) is 6.08 Å². The van der Waals surface area contributed by atoms with Crippen molar-refractivity contribution in [2.75, 3.05) is 0 Å². The summed E-state index contributed by atoms with van der Waals surface area (Å²) >= 11 is 5.83. The highest BCUT2D eigenvalue weighted by Gasteiger charge is 2.05. The summed E-state index contributed by atoms with van der Waals surface area (Å²) in [4.78, 5) is 27.1. The largest absolute Gasteiger partial charge is 0.271 e. The van der Waals surface area contributed by atoms with Crippen LogP contribution in [0.5, 0.6) is 0 Å². The second-order valence-corrected chi connectivity index (χ2v) is 4.51. The quantitative estimate of drug-likeness (QED) is 0.674. The smallest absolute Gasteiger partial charge is 0.268 e. The summed E-state index contributed by atoms with van der Waals surface area (Å²) in [6.07, 6.45) is 5.86. The molecule has 1 aromatic carbocycles. The summed E-state index contributed by atoms with van der Waals surface area (Å²) in [6.45, 7) is 0. The van der Waals surface area contributed by atoms with Crippen molar-refractivity contribution in [3.05, 3.63) is 71.0 Å². The second kappa shape index (κ2) is 7.21. The third kappa shape index (κ3) is 4.74. The summed E-state index contributed by atoms with van der Waals surface area (Å²) in [7, 11) is 0. The van der Waals surface area contributed by atoms with Gasteiger partial charge < -0.3 is 0 Å². The van der Waals surface area contributed by atoms with Gasteiger partial charge in [-0.1, -0.05) is 23.7 Å². The lowest BCUT2D eigenvalue weighted by atomic mass is 10.2. The Kier molecular flexibility index (Phi) is 5.06. The molecule has 2 rings (SSSR count). The van der Waals surface area contributed by atoms with Gasteiger partial charge in [0.1, 0.15) is 0 Å². The van der Waals surface area contributed by atoms with Crippen molar-refractivity contribution in [3.8, 4) is 0 Å².